The van der Waals surface area contributed by atoms with Crippen LogP contribution in [0.1, 0.15) is 31.4 Å². The molecule has 1 heteroatoms. The van der Waals surface area contributed by atoms with Crippen LogP contribution in [0.3, 0.4) is 0 Å². The first-order valence-corrected chi connectivity index (χ1v) is 7.06. The monoisotopic (exact) mass is 251 g/mol. The minimum absolute atomic E-state index is 0.461. The van der Waals surface area contributed by atoms with E-state index in [0.29, 0.717) is 11.5 Å². The van der Waals surface area contributed by atoms with Gasteiger partial charge in [-0.1, -0.05) is 61.5 Å². The number of hydrogen-bond donors (Lipinski definition) is 1. The molecular formula is C18H21N. The maximum Gasteiger partial charge on any atom is 0.0372 e. The zero-order valence-electron chi connectivity index (χ0n) is 11.7. The summed E-state index contributed by atoms with van der Waals surface area (Å²) in [5, 5.41) is 3.48. The second kappa shape index (κ2) is 4.82. The predicted molar refractivity (Wildman–Crippen MR) is 81.0 cm³/mol. The lowest BCUT2D eigenvalue weighted by molar-refractivity contribution is 0.390. The van der Waals surface area contributed by atoms with Gasteiger partial charge in [0.2, 0.25) is 0 Å². The van der Waals surface area contributed by atoms with Crippen LogP contribution >= 0.6 is 0 Å². The van der Waals surface area contributed by atoms with Crippen molar-refractivity contribution in [3.8, 4) is 11.1 Å². The Hall–Kier alpha value is -1.60. The van der Waals surface area contributed by atoms with Gasteiger partial charge in [-0.3, -0.25) is 0 Å². The smallest absolute Gasteiger partial charge is 0.0372 e. The molecule has 0 spiro atoms. The minimum atomic E-state index is 0.461. The van der Waals surface area contributed by atoms with Crippen molar-refractivity contribution < 1.29 is 0 Å². The van der Waals surface area contributed by atoms with Gasteiger partial charge in [0, 0.05) is 6.04 Å². The summed E-state index contributed by atoms with van der Waals surface area (Å²) in [5.74, 6) is 0. The van der Waals surface area contributed by atoms with Crippen molar-refractivity contribution in [3.63, 3.8) is 0 Å². The Labute approximate surface area is 115 Å². The SMILES string of the molecule is CNC(c1ccc(-c2ccccc2)cc1)C1(C)CC1. The van der Waals surface area contributed by atoms with Crippen LogP contribution in [0.5, 0.6) is 0 Å². The third-order valence-electron chi connectivity index (χ3n) is 4.38. The molecule has 0 saturated heterocycles. The Morgan fingerprint density at radius 3 is 2.00 bits per heavy atom. The molecule has 3 rings (SSSR count). The first kappa shape index (κ1) is 12.4. The molecule has 98 valence electrons. The van der Waals surface area contributed by atoms with Crippen molar-refractivity contribution in [1.82, 2.24) is 5.32 Å². The summed E-state index contributed by atoms with van der Waals surface area (Å²) in [7, 11) is 2.07. The van der Waals surface area contributed by atoms with Crippen molar-refractivity contribution in [2.75, 3.05) is 7.05 Å². The summed E-state index contributed by atoms with van der Waals surface area (Å²) in [6, 6.07) is 20.1. The van der Waals surface area contributed by atoms with Gasteiger partial charge in [0.1, 0.15) is 0 Å². The van der Waals surface area contributed by atoms with Gasteiger partial charge in [0.05, 0.1) is 0 Å². The molecule has 0 amide bonds. The standard InChI is InChI=1S/C18H21N/c1-18(12-13-18)17(19-2)16-10-8-15(9-11-16)14-6-4-3-5-7-14/h3-11,17,19H,12-13H2,1-2H3. The van der Waals surface area contributed by atoms with E-state index in [1.54, 1.807) is 0 Å². The fraction of sp³-hybridized carbons (Fsp3) is 0.333. The number of rotatable bonds is 4. The van der Waals surface area contributed by atoms with E-state index in [4.69, 9.17) is 0 Å². The lowest BCUT2D eigenvalue weighted by atomic mass is 9.91. The highest BCUT2D eigenvalue weighted by Crippen LogP contribution is 2.54. The molecule has 1 fully saturated rings. The molecule has 1 saturated carbocycles. The molecule has 0 aromatic heterocycles. The van der Waals surface area contributed by atoms with Crippen molar-refractivity contribution >= 4 is 0 Å². The van der Waals surface area contributed by atoms with Crippen LogP contribution in [0.2, 0.25) is 0 Å². The van der Waals surface area contributed by atoms with Crippen LogP contribution < -0.4 is 5.32 Å². The lowest BCUT2D eigenvalue weighted by Crippen LogP contribution is -2.24. The maximum atomic E-state index is 3.48. The van der Waals surface area contributed by atoms with Crippen LogP contribution in [0.15, 0.2) is 54.6 Å². The third-order valence-corrected chi connectivity index (χ3v) is 4.38. The van der Waals surface area contributed by atoms with Crippen LogP contribution in [0, 0.1) is 5.41 Å². The minimum Gasteiger partial charge on any atom is -0.313 e. The summed E-state index contributed by atoms with van der Waals surface area (Å²) in [6.45, 7) is 2.37. The Morgan fingerprint density at radius 1 is 0.895 bits per heavy atom. The average molecular weight is 251 g/mol. The van der Waals surface area contributed by atoms with Gasteiger partial charge in [-0.05, 0) is 42.0 Å². The van der Waals surface area contributed by atoms with Crippen molar-refractivity contribution in [3.05, 3.63) is 60.2 Å². The molecule has 1 aliphatic carbocycles. The van der Waals surface area contributed by atoms with E-state index in [1.807, 2.05) is 0 Å². The lowest BCUT2D eigenvalue weighted by Gasteiger charge is -2.23. The van der Waals surface area contributed by atoms with Gasteiger partial charge in [-0.2, -0.15) is 0 Å². The fourth-order valence-corrected chi connectivity index (χ4v) is 2.90. The predicted octanol–water partition coefficient (Wildman–Crippen LogP) is 4.41. The zero-order valence-corrected chi connectivity index (χ0v) is 11.7. The highest BCUT2D eigenvalue weighted by atomic mass is 14.9. The zero-order chi connectivity index (χ0) is 13.3. The van der Waals surface area contributed by atoms with E-state index in [9.17, 15) is 0 Å². The average Bonchev–Trinajstić information content (AvgIpc) is 3.20. The van der Waals surface area contributed by atoms with E-state index in [2.05, 4.69) is 73.9 Å². The number of hydrogen-bond acceptors (Lipinski definition) is 1. The Morgan fingerprint density at radius 2 is 1.47 bits per heavy atom. The van der Waals surface area contributed by atoms with E-state index < -0.39 is 0 Å². The van der Waals surface area contributed by atoms with Crippen molar-refractivity contribution in [2.24, 2.45) is 5.41 Å². The molecule has 0 heterocycles. The van der Waals surface area contributed by atoms with Crippen LogP contribution in [-0.2, 0) is 0 Å². The third kappa shape index (κ3) is 2.43. The molecular weight excluding hydrogens is 230 g/mol. The summed E-state index contributed by atoms with van der Waals surface area (Å²) in [6.07, 6.45) is 2.66. The van der Waals surface area contributed by atoms with Gasteiger partial charge in [0.25, 0.3) is 0 Å². The fourth-order valence-electron chi connectivity index (χ4n) is 2.90. The van der Waals surface area contributed by atoms with Crippen LogP contribution in [-0.4, -0.2) is 7.05 Å². The largest absolute Gasteiger partial charge is 0.313 e. The molecule has 1 aliphatic rings. The molecule has 19 heavy (non-hydrogen) atoms. The van der Waals surface area contributed by atoms with Gasteiger partial charge < -0.3 is 5.32 Å². The highest BCUT2D eigenvalue weighted by Gasteiger charge is 2.44. The van der Waals surface area contributed by atoms with E-state index in [-0.39, 0.29) is 0 Å². The second-order valence-electron chi connectivity index (χ2n) is 5.86. The summed E-state index contributed by atoms with van der Waals surface area (Å²) >= 11 is 0. The molecule has 2 aromatic carbocycles. The molecule has 0 aliphatic heterocycles. The molecule has 0 bridgehead atoms. The van der Waals surface area contributed by atoms with E-state index in [1.165, 1.54) is 29.5 Å². The summed E-state index contributed by atoms with van der Waals surface area (Å²) < 4.78 is 0. The van der Waals surface area contributed by atoms with Crippen LogP contribution in [0.4, 0.5) is 0 Å². The maximum absolute atomic E-state index is 3.48. The molecule has 2 aromatic rings. The molecule has 1 unspecified atom stereocenters. The van der Waals surface area contributed by atoms with E-state index in [0.717, 1.165) is 0 Å². The van der Waals surface area contributed by atoms with Crippen molar-refractivity contribution in [2.45, 2.75) is 25.8 Å². The number of nitrogens with one attached hydrogen (secondary N) is 1. The van der Waals surface area contributed by atoms with Crippen molar-refractivity contribution in [1.29, 1.82) is 0 Å². The molecule has 1 nitrogen and oxygen atoms in total. The van der Waals surface area contributed by atoms with Crippen LogP contribution in [0.25, 0.3) is 11.1 Å². The summed E-state index contributed by atoms with van der Waals surface area (Å²) in [4.78, 5) is 0. The van der Waals surface area contributed by atoms with Gasteiger partial charge in [-0.15, -0.1) is 0 Å². The summed E-state index contributed by atoms with van der Waals surface area (Å²) in [5.41, 5.74) is 4.44. The van der Waals surface area contributed by atoms with Gasteiger partial charge >= 0.3 is 0 Å². The molecule has 1 atom stereocenters. The van der Waals surface area contributed by atoms with Gasteiger partial charge in [0.15, 0.2) is 0 Å². The molecule has 1 N–H and O–H groups in total. The van der Waals surface area contributed by atoms with Gasteiger partial charge in [-0.25, -0.2) is 0 Å². The first-order chi connectivity index (χ1) is 9.23. The molecule has 0 radical (unpaired) electrons. The Bertz CT molecular complexity index is 538. The highest BCUT2D eigenvalue weighted by molar-refractivity contribution is 5.63. The Kier molecular flexibility index (Phi) is 3.16. The topological polar surface area (TPSA) is 12.0 Å². The first-order valence-electron chi connectivity index (χ1n) is 7.06. The van der Waals surface area contributed by atoms with E-state index >= 15 is 0 Å². The quantitative estimate of drug-likeness (QED) is 0.848. The Balaban J connectivity index is 1.87. The second-order valence-corrected chi connectivity index (χ2v) is 5.86. The number of benzene rings is 2. The normalized spacial score (nSPS) is 18.0.